The van der Waals surface area contributed by atoms with E-state index in [1.54, 1.807) is 12.4 Å². The second-order valence-electron chi connectivity index (χ2n) is 5.03. The van der Waals surface area contributed by atoms with Crippen molar-refractivity contribution in [3.8, 4) is 0 Å². The summed E-state index contributed by atoms with van der Waals surface area (Å²) >= 11 is 0. The topological polar surface area (TPSA) is 37.6 Å². The highest BCUT2D eigenvalue weighted by Crippen LogP contribution is 2.17. The van der Waals surface area contributed by atoms with Crippen LogP contribution in [-0.4, -0.2) is 17.4 Å². The van der Waals surface area contributed by atoms with E-state index in [9.17, 15) is 0 Å². The zero-order valence-corrected chi connectivity index (χ0v) is 12.7. The Morgan fingerprint density at radius 2 is 1.13 bits per heavy atom. The number of hydrogen-bond acceptors (Lipinski definition) is 3. The predicted molar refractivity (Wildman–Crippen MR) is 96.2 cm³/mol. The molecule has 0 aliphatic carbocycles. The van der Waals surface area contributed by atoms with Gasteiger partial charge in [-0.05, 0) is 42.0 Å². The molecule has 0 aliphatic heterocycles. The van der Waals surface area contributed by atoms with Gasteiger partial charge in [-0.1, -0.05) is 36.4 Å². The van der Waals surface area contributed by atoms with E-state index in [-0.39, 0.29) is 5.92 Å². The summed E-state index contributed by atoms with van der Waals surface area (Å²) in [6.07, 6.45) is 7.40. The number of hydrogen-bond donors (Lipinski definition) is 0. The number of pyridine rings is 1. The number of benzene rings is 2. The number of aliphatic imine (C=N–C) groups is 2. The van der Waals surface area contributed by atoms with Crippen LogP contribution in [0.1, 0.15) is 11.5 Å². The lowest BCUT2D eigenvalue weighted by molar-refractivity contribution is 1.20. The lowest BCUT2D eigenvalue weighted by atomic mass is 10.0. The van der Waals surface area contributed by atoms with Crippen molar-refractivity contribution in [3.63, 3.8) is 0 Å². The minimum Gasteiger partial charge on any atom is -0.265 e. The SMILES string of the molecule is C(=Nc1ccccc1)C(C=Nc1ccccc1)c1ccncc1. The van der Waals surface area contributed by atoms with Crippen LogP contribution in [0.5, 0.6) is 0 Å². The molecule has 0 unspecified atom stereocenters. The molecule has 3 nitrogen and oxygen atoms in total. The molecule has 0 radical (unpaired) electrons. The predicted octanol–water partition coefficient (Wildman–Crippen LogP) is 4.97. The monoisotopic (exact) mass is 299 g/mol. The Hall–Kier alpha value is -3.07. The highest BCUT2D eigenvalue weighted by Gasteiger charge is 2.05. The summed E-state index contributed by atoms with van der Waals surface area (Å²) in [6, 6.07) is 23.8. The molecule has 0 bridgehead atoms. The highest BCUT2D eigenvalue weighted by atomic mass is 14.7. The first-order valence-electron chi connectivity index (χ1n) is 7.50. The molecule has 112 valence electrons. The van der Waals surface area contributed by atoms with Gasteiger partial charge in [-0.25, -0.2) is 0 Å². The van der Waals surface area contributed by atoms with Crippen molar-refractivity contribution >= 4 is 23.8 Å². The molecular weight excluding hydrogens is 282 g/mol. The first-order valence-corrected chi connectivity index (χ1v) is 7.50. The maximum absolute atomic E-state index is 4.56. The first-order chi connectivity index (χ1) is 11.4. The van der Waals surface area contributed by atoms with Gasteiger partial charge in [0.2, 0.25) is 0 Å². The summed E-state index contributed by atoms with van der Waals surface area (Å²) in [5.41, 5.74) is 2.97. The van der Waals surface area contributed by atoms with Gasteiger partial charge in [0, 0.05) is 24.8 Å². The van der Waals surface area contributed by atoms with Crippen molar-refractivity contribution in [2.45, 2.75) is 5.92 Å². The van der Waals surface area contributed by atoms with E-state index in [2.05, 4.69) is 15.0 Å². The minimum atomic E-state index is -0.00147. The van der Waals surface area contributed by atoms with E-state index >= 15 is 0 Å². The van der Waals surface area contributed by atoms with Crippen LogP contribution < -0.4 is 0 Å². The van der Waals surface area contributed by atoms with Crippen molar-refractivity contribution in [1.82, 2.24) is 4.98 Å². The van der Waals surface area contributed by atoms with Gasteiger partial charge in [-0.3, -0.25) is 15.0 Å². The second-order valence-corrected chi connectivity index (χ2v) is 5.03. The average molecular weight is 299 g/mol. The smallest absolute Gasteiger partial charge is 0.0626 e. The fourth-order valence-corrected chi connectivity index (χ4v) is 2.16. The number of para-hydroxylation sites is 2. The van der Waals surface area contributed by atoms with Crippen molar-refractivity contribution in [3.05, 3.63) is 90.8 Å². The van der Waals surface area contributed by atoms with Crippen LogP contribution in [0.2, 0.25) is 0 Å². The maximum atomic E-state index is 4.56. The third-order valence-electron chi connectivity index (χ3n) is 3.37. The van der Waals surface area contributed by atoms with Gasteiger partial charge in [0.1, 0.15) is 0 Å². The van der Waals surface area contributed by atoms with Crippen molar-refractivity contribution < 1.29 is 0 Å². The van der Waals surface area contributed by atoms with Crippen LogP contribution in [0.25, 0.3) is 0 Å². The number of nitrogens with zero attached hydrogens (tertiary/aromatic N) is 3. The van der Waals surface area contributed by atoms with Crippen molar-refractivity contribution in [2.75, 3.05) is 0 Å². The molecule has 3 heteroatoms. The van der Waals surface area contributed by atoms with E-state index in [0.717, 1.165) is 16.9 Å². The van der Waals surface area contributed by atoms with Crippen LogP contribution in [0.3, 0.4) is 0 Å². The average Bonchev–Trinajstić information content (AvgIpc) is 2.64. The molecule has 23 heavy (non-hydrogen) atoms. The van der Waals surface area contributed by atoms with Crippen molar-refractivity contribution in [2.24, 2.45) is 9.98 Å². The van der Waals surface area contributed by atoms with Crippen LogP contribution in [0.4, 0.5) is 11.4 Å². The van der Waals surface area contributed by atoms with Crippen LogP contribution in [0.15, 0.2) is 95.2 Å². The summed E-state index contributed by atoms with van der Waals surface area (Å²) in [6.45, 7) is 0. The van der Waals surface area contributed by atoms with Gasteiger partial charge < -0.3 is 0 Å². The molecule has 1 heterocycles. The molecule has 1 aromatic heterocycles. The molecule has 0 atom stereocenters. The zero-order chi connectivity index (χ0) is 15.7. The number of rotatable bonds is 5. The van der Waals surface area contributed by atoms with Gasteiger partial charge in [0.15, 0.2) is 0 Å². The Morgan fingerprint density at radius 3 is 1.61 bits per heavy atom. The van der Waals surface area contributed by atoms with E-state index in [1.165, 1.54) is 0 Å². The Labute approximate surface area is 136 Å². The van der Waals surface area contributed by atoms with Crippen LogP contribution in [0, 0.1) is 0 Å². The van der Waals surface area contributed by atoms with Crippen molar-refractivity contribution in [1.29, 1.82) is 0 Å². The Morgan fingerprint density at radius 1 is 0.652 bits per heavy atom. The Bertz CT molecular complexity index is 716. The van der Waals surface area contributed by atoms with E-state index in [4.69, 9.17) is 0 Å². The molecular formula is C20H17N3. The van der Waals surface area contributed by atoms with Crippen LogP contribution in [-0.2, 0) is 0 Å². The summed E-state index contributed by atoms with van der Waals surface area (Å²) in [5.74, 6) is -0.00147. The Kier molecular flexibility index (Phi) is 5.04. The van der Waals surface area contributed by atoms with Gasteiger partial charge in [-0.15, -0.1) is 0 Å². The third-order valence-corrected chi connectivity index (χ3v) is 3.37. The van der Waals surface area contributed by atoms with Gasteiger partial charge in [0.25, 0.3) is 0 Å². The largest absolute Gasteiger partial charge is 0.265 e. The zero-order valence-electron chi connectivity index (χ0n) is 12.7. The molecule has 3 rings (SSSR count). The van der Waals surface area contributed by atoms with E-state index < -0.39 is 0 Å². The van der Waals surface area contributed by atoms with E-state index in [1.807, 2.05) is 85.2 Å². The lowest BCUT2D eigenvalue weighted by Gasteiger charge is -2.06. The lowest BCUT2D eigenvalue weighted by Crippen LogP contribution is -2.01. The summed E-state index contributed by atoms with van der Waals surface area (Å²) in [5, 5.41) is 0. The minimum absolute atomic E-state index is 0.00147. The number of aromatic nitrogens is 1. The fourth-order valence-electron chi connectivity index (χ4n) is 2.16. The summed E-state index contributed by atoms with van der Waals surface area (Å²) in [7, 11) is 0. The highest BCUT2D eigenvalue weighted by molar-refractivity contribution is 5.92. The molecule has 0 saturated carbocycles. The molecule has 3 aromatic rings. The molecule has 0 spiro atoms. The Balaban J connectivity index is 1.85. The van der Waals surface area contributed by atoms with Gasteiger partial charge >= 0.3 is 0 Å². The van der Waals surface area contributed by atoms with Gasteiger partial charge in [-0.2, -0.15) is 0 Å². The summed E-state index contributed by atoms with van der Waals surface area (Å²) in [4.78, 5) is 13.2. The third kappa shape index (κ3) is 4.45. The van der Waals surface area contributed by atoms with E-state index in [0.29, 0.717) is 0 Å². The van der Waals surface area contributed by atoms with Gasteiger partial charge in [0.05, 0.1) is 17.3 Å². The molecule has 0 fully saturated rings. The molecule has 0 aliphatic rings. The second kappa shape index (κ2) is 7.80. The first kappa shape index (κ1) is 14.9. The standard InChI is InChI=1S/C20H17N3/c1-3-7-19(8-4-1)22-15-18(17-11-13-21-14-12-17)16-23-20-9-5-2-6-10-20/h1-16,18H. The molecule has 0 saturated heterocycles. The molecule has 2 aromatic carbocycles. The molecule has 0 amide bonds. The fraction of sp³-hybridized carbons (Fsp3) is 0.0500. The summed E-state index contributed by atoms with van der Waals surface area (Å²) < 4.78 is 0. The molecule has 0 N–H and O–H groups in total. The quantitative estimate of drug-likeness (QED) is 0.613. The normalized spacial score (nSPS) is 12.7. The van der Waals surface area contributed by atoms with Crippen LogP contribution >= 0.6 is 0 Å². The maximum Gasteiger partial charge on any atom is 0.0626 e.